The van der Waals surface area contributed by atoms with Gasteiger partial charge in [-0.2, -0.15) is 0 Å². The van der Waals surface area contributed by atoms with Gasteiger partial charge in [0.05, 0.1) is 31.8 Å². The van der Waals surface area contributed by atoms with Crippen LogP contribution >= 0.6 is 22.7 Å². The first kappa shape index (κ1) is 17.4. The molecular formula is C24H14N4S2. The van der Waals surface area contributed by atoms with E-state index in [0.29, 0.717) is 0 Å². The van der Waals surface area contributed by atoms with Crippen molar-refractivity contribution in [3.05, 3.63) is 85.2 Å². The van der Waals surface area contributed by atoms with Crippen LogP contribution in [0, 0.1) is 0 Å². The van der Waals surface area contributed by atoms with Crippen LogP contribution < -0.4 is 0 Å². The Labute approximate surface area is 180 Å². The lowest BCUT2D eigenvalue weighted by molar-refractivity contribution is 1.28. The highest BCUT2D eigenvalue weighted by atomic mass is 32.1. The molecule has 0 spiro atoms. The molecule has 0 saturated heterocycles. The fourth-order valence-corrected chi connectivity index (χ4v) is 5.23. The lowest BCUT2D eigenvalue weighted by atomic mass is 10.1. The van der Waals surface area contributed by atoms with Crippen molar-refractivity contribution in [2.45, 2.75) is 0 Å². The number of benzene rings is 2. The summed E-state index contributed by atoms with van der Waals surface area (Å²) in [6.45, 7) is 0. The lowest BCUT2D eigenvalue weighted by Gasteiger charge is -2.03. The van der Waals surface area contributed by atoms with E-state index in [2.05, 4.69) is 44.2 Å². The molecule has 0 N–H and O–H groups in total. The maximum absolute atomic E-state index is 4.69. The molecule has 4 aromatic heterocycles. The molecule has 6 heteroatoms. The highest BCUT2D eigenvalue weighted by molar-refractivity contribution is 7.22. The van der Waals surface area contributed by atoms with E-state index >= 15 is 0 Å². The molecule has 30 heavy (non-hydrogen) atoms. The second-order valence-electron chi connectivity index (χ2n) is 6.84. The first-order valence-electron chi connectivity index (χ1n) is 9.48. The van der Waals surface area contributed by atoms with Crippen LogP contribution in [-0.2, 0) is 0 Å². The fraction of sp³-hybridized carbons (Fsp3) is 0. The molecule has 0 atom stereocenters. The quantitative estimate of drug-likeness (QED) is 0.318. The highest BCUT2D eigenvalue weighted by Gasteiger charge is 2.10. The first-order chi connectivity index (χ1) is 14.8. The topological polar surface area (TPSA) is 51.6 Å². The number of nitrogens with zero attached hydrogens (tertiary/aromatic N) is 4. The normalized spacial score (nSPS) is 11.3. The number of fused-ring (bicyclic) bond motifs is 2. The Morgan fingerprint density at radius 3 is 1.37 bits per heavy atom. The van der Waals surface area contributed by atoms with Crippen LogP contribution in [0.25, 0.3) is 53.0 Å². The van der Waals surface area contributed by atoms with Crippen molar-refractivity contribution < 1.29 is 0 Å². The summed E-state index contributed by atoms with van der Waals surface area (Å²) in [6, 6.07) is 24.5. The zero-order chi connectivity index (χ0) is 19.9. The predicted molar refractivity (Wildman–Crippen MR) is 125 cm³/mol. The van der Waals surface area contributed by atoms with E-state index in [1.54, 1.807) is 22.7 Å². The van der Waals surface area contributed by atoms with Gasteiger partial charge >= 0.3 is 0 Å². The number of hydrogen-bond donors (Lipinski definition) is 0. The summed E-state index contributed by atoms with van der Waals surface area (Å²) in [5.41, 5.74) is 5.86. The Bertz CT molecular complexity index is 1300. The molecule has 6 rings (SSSR count). The summed E-state index contributed by atoms with van der Waals surface area (Å²) in [4.78, 5) is 18.7. The average Bonchev–Trinajstić information content (AvgIpc) is 3.44. The monoisotopic (exact) mass is 422 g/mol. The molecule has 0 aliphatic heterocycles. The minimum Gasteiger partial charge on any atom is -0.253 e. The Kier molecular flexibility index (Phi) is 4.11. The van der Waals surface area contributed by atoms with Gasteiger partial charge in [0.2, 0.25) is 0 Å². The Hall–Kier alpha value is -3.48. The van der Waals surface area contributed by atoms with Crippen LogP contribution in [-0.4, -0.2) is 19.9 Å². The molecule has 4 heterocycles. The minimum absolute atomic E-state index is 0.888. The van der Waals surface area contributed by atoms with Crippen LogP contribution in [0.2, 0.25) is 0 Å². The van der Waals surface area contributed by atoms with Crippen LogP contribution in [0.15, 0.2) is 85.2 Å². The van der Waals surface area contributed by atoms with Crippen molar-refractivity contribution >= 4 is 43.1 Å². The van der Waals surface area contributed by atoms with E-state index in [-0.39, 0.29) is 0 Å². The van der Waals surface area contributed by atoms with Gasteiger partial charge in [-0.05, 0) is 36.4 Å². The van der Waals surface area contributed by atoms with Gasteiger partial charge in [0.25, 0.3) is 0 Å². The standard InChI is InChI=1S/C24H14N4S2/c1-3-7-21-17(5-1)27-23(29-21)19-11-9-15(13-25-19)16-10-12-20(26-14-16)24-28-18-6-2-4-8-22(18)30-24/h1-14H. The number of hydrogen-bond acceptors (Lipinski definition) is 6. The predicted octanol–water partition coefficient (Wildman–Crippen LogP) is 6.70. The third kappa shape index (κ3) is 3.07. The van der Waals surface area contributed by atoms with E-state index in [4.69, 9.17) is 0 Å². The largest absolute Gasteiger partial charge is 0.253 e. The first-order valence-corrected chi connectivity index (χ1v) is 11.1. The van der Waals surface area contributed by atoms with Crippen molar-refractivity contribution in [2.75, 3.05) is 0 Å². The summed E-state index contributed by atoms with van der Waals surface area (Å²) in [5.74, 6) is 0. The molecule has 0 unspecified atom stereocenters. The maximum atomic E-state index is 4.69. The third-order valence-electron chi connectivity index (χ3n) is 4.89. The average molecular weight is 423 g/mol. The summed E-state index contributed by atoms with van der Waals surface area (Å²) in [6.07, 6.45) is 3.77. The molecule has 0 bridgehead atoms. The van der Waals surface area contributed by atoms with Gasteiger partial charge in [-0.3, -0.25) is 9.97 Å². The van der Waals surface area contributed by atoms with Crippen molar-refractivity contribution in [3.63, 3.8) is 0 Å². The molecule has 0 radical (unpaired) electrons. The molecule has 0 fully saturated rings. The number of rotatable bonds is 3. The number of pyridine rings is 2. The van der Waals surface area contributed by atoms with Gasteiger partial charge in [-0.25, -0.2) is 9.97 Å². The fourth-order valence-electron chi connectivity index (χ4n) is 3.35. The SMILES string of the molecule is c1ccc2sc(-c3ccc(-c4ccc(-c5nc6ccccc6s5)nc4)cn3)nc2c1. The van der Waals surface area contributed by atoms with E-state index in [9.17, 15) is 0 Å². The summed E-state index contributed by atoms with van der Waals surface area (Å²) < 4.78 is 2.35. The number of aromatic nitrogens is 4. The molecular weight excluding hydrogens is 408 g/mol. The van der Waals surface area contributed by atoms with Crippen molar-refractivity contribution in [1.82, 2.24) is 19.9 Å². The molecule has 0 saturated carbocycles. The highest BCUT2D eigenvalue weighted by Crippen LogP contribution is 2.31. The molecule has 6 aromatic rings. The van der Waals surface area contributed by atoms with Crippen LogP contribution in [0.1, 0.15) is 0 Å². The van der Waals surface area contributed by atoms with Crippen LogP contribution in [0.5, 0.6) is 0 Å². The van der Waals surface area contributed by atoms with Gasteiger partial charge in [0.15, 0.2) is 0 Å². The Morgan fingerprint density at radius 1 is 0.500 bits per heavy atom. The van der Waals surface area contributed by atoms with Crippen molar-refractivity contribution in [3.8, 4) is 32.5 Å². The zero-order valence-corrected chi connectivity index (χ0v) is 17.3. The van der Waals surface area contributed by atoms with Crippen LogP contribution in [0.3, 0.4) is 0 Å². The van der Waals surface area contributed by atoms with Crippen LogP contribution in [0.4, 0.5) is 0 Å². The Morgan fingerprint density at radius 2 is 0.967 bits per heavy atom. The van der Waals surface area contributed by atoms with E-state index in [1.807, 2.05) is 60.9 Å². The molecule has 0 aliphatic carbocycles. The summed E-state index contributed by atoms with van der Waals surface area (Å²) >= 11 is 3.32. The smallest absolute Gasteiger partial charge is 0.143 e. The van der Waals surface area contributed by atoms with Gasteiger partial charge in [-0.1, -0.05) is 36.4 Å². The molecule has 2 aromatic carbocycles. The van der Waals surface area contributed by atoms with Crippen molar-refractivity contribution in [1.29, 1.82) is 0 Å². The van der Waals surface area contributed by atoms with E-state index < -0.39 is 0 Å². The maximum Gasteiger partial charge on any atom is 0.143 e. The second-order valence-corrected chi connectivity index (χ2v) is 8.90. The Balaban J connectivity index is 1.28. The summed E-state index contributed by atoms with van der Waals surface area (Å²) in [5, 5.41) is 1.87. The van der Waals surface area contributed by atoms with Gasteiger partial charge in [-0.15, -0.1) is 22.7 Å². The zero-order valence-electron chi connectivity index (χ0n) is 15.7. The summed E-state index contributed by atoms with van der Waals surface area (Å²) in [7, 11) is 0. The molecule has 4 nitrogen and oxygen atoms in total. The molecule has 0 aliphatic rings. The van der Waals surface area contributed by atoms with Gasteiger partial charge in [0.1, 0.15) is 10.0 Å². The van der Waals surface area contributed by atoms with Gasteiger partial charge in [0, 0.05) is 23.5 Å². The second kappa shape index (κ2) is 7.09. The van der Waals surface area contributed by atoms with Gasteiger partial charge < -0.3 is 0 Å². The molecule has 0 amide bonds. The molecule has 142 valence electrons. The number of para-hydroxylation sites is 2. The minimum atomic E-state index is 0.888. The van der Waals surface area contributed by atoms with Crippen molar-refractivity contribution in [2.24, 2.45) is 0 Å². The third-order valence-corrected chi connectivity index (χ3v) is 7.00. The lowest BCUT2D eigenvalue weighted by Crippen LogP contribution is -1.87. The number of thiazole rings is 2. The van der Waals surface area contributed by atoms with E-state index in [0.717, 1.165) is 43.6 Å². The van der Waals surface area contributed by atoms with E-state index in [1.165, 1.54) is 9.40 Å².